The van der Waals surface area contributed by atoms with Gasteiger partial charge in [0.15, 0.2) is 0 Å². The quantitative estimate of drug-likeness (QED) is 0.639. The van der Waals surface area contributed by atoms with Gasteiger partial charge in [-0.1, -0.05) is 25.0 Å². The number of imide groups is 1. The van der Waals surface area contributed by atoms with Gasteiger partial charge in [-0.15, -0.1) is 0 Å². The highest BCUT2D eigenvalue weighted by molar-refractivity contribution is 6.05. The molecule has 0 radical (unpaired) electrons. The largest absolute Gasteiger partial charge is 0.330 e. The maximum Gasteiger partial charge on any atom is 0.255 e. The zero-order valence-electron chi connectivity index (χ0n) is 16.1. The Morgan fingerprint density at radius 1 is 1.21 bits per heavy atom. The van der Waals surface area contributed by atoms with Crippen LogP contribution in [0.5, 0.6) is 0 Å². The Hall–Kier alpha value is -2.25. The molecule has 1 saturated heterocycles. The predicted octanol–water partition coefficient (Wildman–Crippen LogP) is 1.20. The van der Waals surface area contributed by atoms with Crippen molar-refractivity contribution in [1.82, 2.24) is 15.5 Å². The molecule has 2 aliphatic heterocycles. The molecule has 1 atom stereocenters. The van der Waals surface area contributed by atoms with Crippen LogP contribution in [0.2, 0.25) is 0 Å². The molecule has 3 amide bonds. The Labute approximate surface area is 165 Å². The zero-order valence-corrected chi connectivity index (χ0v) is 16.1. The lowest BCUT2D eigenvalue weighted by molar-refractivity contribution is -0.136. The Kier molecular flexibility index (Phi) is 5.21. The van der Waals surface area contributed by atoms with Crippen LogP contribution < -0.4 is 16.4 Å². The molecular weight excluding hydrogens is 356 g/mol. The number of nitrogens with one attached hydrogen (secondary N) is 2. The van der Waals surface area contributed by atoms with E-state index >= 15 is 0 Å². The highest BCUT2D eigenvalue weighted by atomic mass is 16.2. The van der Waals surface area contributed by atoms with Crippen molar-refractivity contribution >= 4 is 17.7 Å². The average molecular weight is 384 g/mol. The van der Waals surface area contributed by atoms with E-state index in [2.05, 4.69) is 16.7 Å². The van der Waals surface area contributed by atoms with E-state index in [1.807, 2.05) is 12.1 Å². The molecule has 1 saturated carbocycles. The number of carbonyl (C=O) groups excluding carboxylic acids is 3. The molecule has 0 spiro atoms. The van der Waals surface area contributed by atoms with Crippen molar-refractivity contribution in [1.29, 1.82) is 0 Å². The summed E-state index contributed by atoms with van der Waals surface area (Å²) in [5.41, 5.74) is 8.62. The van der Waals surface area contributed by atoms with Crippen molar-refractivity contribution in [2.24, 2.45) is 5.73 Å². The van der Waals surface area contributed by atoms with Crippen molar-refractivity contribution in [3.63, 3.8) is 0 Å². The van der Waals surface area contributed by atoms with E-state index in [0.717, 1.165) is 30.4 Å². The number of fused-ring (bicyclic) bond motifs is 1. The molecule has 0 aromatic heterocycles. The lowest BCUT2D eigenvalue weighted by atomic mass is 9.92. The molecule has 7 nitrogen and oxygen atoms in total. The second-order valence-corrected chi connectivity index (χ2v) is 8.27. The maximum atomic E-state index is 12.9. The van der Waals surface area contributed by atoms with Gasteiger partial charge in [-0.05, 0) is 49.4 Å². The number of rotatable bonds is 6. The summed E-state index contributed by atoms with van der Waals surface area (Å²) < 4.78 is 0. The average Bonchev–Trinajstić information content (AvgIpc) is 3.26. The van der Waals surface area contributed by atoms with Gasteiger partial charge in [0.1, 0.15) is 6.04 Å². The standard InChI is InChI=1S/C21H28N4O3/c22-10-9-21(7-1-2-8-21)23-12-14-3-4-15-13-25(20(28)16(15)11-14)17-5-6-18(26)24-19(17)27/h3-4,11,17,23H,1-2,5-10,12-13,22H2,(H,24,26,27). The lowest BCUT2D eigenvalue weighted by Crippen LogP contribution is -2.52. The molecule has 1 aromatic rings. The number of amides is 3. The van der Waals surface area contributed by atoms with E-state index in [1.54, 1.807) is 4.90 Å². The first-order chi connectivity index (χ1) is 13.5. The third-order valence-corrected chi connectivity index (χ3v) is 6.44. The summed E-state index contributed by atoms with van der Waals surface area (Å²) in [5, 5.41) is 6.04. The van der Waals surface area contributed by atoms with E-state index < -0.39 is 6.04 Å². The van der Waals surface area contributed by atoms with Crippen molar-refractivity contribution in [3.05, 3.63) is 34.9 Å². The topological polar surface area (TPSA) is 105 Å². The van der Waals surface area contributed by atoms with E-state index in [-0.39, 0.29) is 29.7 Å². The van der Waals surface area contributed by atoms with Gasteiger partial charge >= 0.3 is 0 Å². The second-order valence-electron chi connectivity index (χ2n) is 8.27. The van der Waals surface area contributed by atoms with E-state index in [0.29, 0.717) is 31.6 Å². The Morgan fingerprint density at radius 3 is 2.71 bits per heavy atom. The fraction of sp³-hybridized carbons (Fsp3) is 0.571. The fourth-order valence-electron chi connectivity index (χ4n) is 4.84. The summed E-state index contributed by atoms with van der Waals surface area (Å²) in [7, 11) is 0. The SMILES string of the molecule is NCCC1(NCc2ccc3c(c2)C(=O)N(C2CCC(=O)NC2=O)C3)CCCC1. The minimum Gasteiger partial charge on any atom is -0.330 e. The number of nitrogens with zero attached hydrogens (tertiary/aromatic N) is 1. The number of nitrogens with two attached hydrogens (primary N) is 1. The molecular formula is C21H28N4O3. The number of hydrogen-bond acceptors (Lipinski definition) is 5. The summed E-state index contributed by atoms with van der Waals surface area (Å²) in [6.45, 7) is 1.81. The minimum absolute atomic E-state index is 0.121. The van der Waals surface area contributed by atoms with Gasteiger partial charge in [0.2, 0.25) is 11.8 Å². The van der Waals surface area contributed by atoms with Crippen molar-refractivity contribution in [2.75, 3.05) is 6.54 Å². The van der Waals surface area contributed by atoms with Gasteiger partial charge in [-0.2, -0.15) is 0 Å². The molecule has 150 valence electrons. The second kappa shape index (κ2) is 7.64. The summed E-state index contributed by atoms with van der Waals surface area (Å²) in [5.74, 6) is -0.759. The van der Waals surface area contributed by atoms with Gasteiger partial charge < -0.3 is 16.0 Å². The first-order valence-corrected chi connectivity index (χ1v) is 10.2. The maximum absolute atomic E-state index is 12.9. The molecule has 1 aromatic carbocycles. The number of benzene rings is 1. The van der Waals surface area contributed by atoms with E-state index in [9.17, 15) is 14.4 Å². The molecule has 4 rings (SSSR count). The lowest BCUT2D eigenvalue weighted by Gasteiger charge is -2.30. The van der Waals surface area contributed by atoms with Crippen LogP contribution in [0.4, 0.5) is 0 Å². The molecule has 2 heterocycles. The zero-order chi connectivity index (χ0) is 19.7. The molecule has 4 N–H and O–H groups in total. The van der Waals surface area contributed by atoms with Crippen LogP contribution in [0.15, 0.2) is 18.2 Å². The van der Waals surface area contributed by atoms with Gasteiger partial charge in [-0.3, -0.25) is 19.7 Å². The van der Waals surface area contributed by atoms with Crippen LogP contribution in [0.25, 0.3) is 0 Å². The molecule has 1 aliphatic carbocycles. The highest BCUT2D eigenvalue weighted by Crippen LogP contribution is 2.33. The Morgan fingerprint density at radius 2 is 2.00 bits per heavy atom. The molecule has 2 fully saturated rings. The smallest absolute Gasteiger partial charge is 0.255 e. The number of carbonyl (C=O) groups is 3. The van der Waals surface area contributed by atoms with Crippen molar-refractivity contribution in [2.45, 2.75) is 69.6 Å². The third-order valence-electron chi connectivity index (χ3n) is 6.44. The van der Waals surface area contributed by atoms with Crippen molar-refractivity contribution in [3.8, 4) is 0 Å². The van der Waals surface area contributed by atoms with Gasteiger partial charge in [0.25, 0.3) is 5.91 Å². The molecule has 7 heteroatoms. The molecule has 1 unspecified atom stereocenters. The third kappa shape index (κ3) is 3.56. The molecule has 0 bridgehead atoms. The Balaban J connectivity index is 1.45. The number of hydrogen-bond donors (Lipinski definition) is 3. The van der Waals surface area contributed by atoms with Crippen LogP contribution in [-0.2, 0) is 22.7 Å². The summed E-state index contributed by atoms with van der Waals surface area (Å²) in [4.78, 5) is 38.1. The van der Waals surface area contributed by atoms with Crippen molar-refractivity contribution < 1.29 is 14.4 Å². The first-order valence-electron chi connectivity index (χ1n) is 10.2. The normalized spacial score (nSPS) is 23.8. The predicted molar refractivity (Wildman–Crippen MR) is 104 cm³/mol. The van der Waals surface area contributed by atoms with E-state index in [1.165, 1.54) is 12.8 Å². The van der Waals surface area contributed by atoms with Gasteiger partial charge in [-0.25, -0.2) is 0 Å². The molecule has 28 heavy (non-hydrogen) atoms. The van der Waals surface area contributed by atoms with Crippen LogP contribution in [0, 0.1) is 0 Å². The van der Waals surface area contributed by atoms with E-state index in [4.69, 9.17) is 5.73 Å². The summed E-state index contributed by atoms with van der Waals surface area (Å²) in [6.07, 6.45) is 6.40. The van der Waals surface area contributed by atoms with Gasteiger partial charge in [0, 0.05) is 30.6 Å². The number of piperidine rings is 1. The van der Waals surface area contributed by atoms with Crippen LogP contribution in [-0.4, -0.2) is 40.7 Å². The summed E-state index contributed by atoms with van der Waals surface area (Å²) in [6, 6.07) is 5.42. The molecule has 3 aliphatic rings. The van der Waals surface area contributed by atoms with Crippen LogP contribution in [0.3, 0.4) is 0 Å². The van der Waals surface area contributed by atoms with Gasteiger partial charge in [0.05, 0.1) is 0 Å². The first kappa shape index (κ1) is 19.1. The summed E-state index contributed by atoms with van der Waals surface area (Å²) >= 11 is 0. The fourth-order valence-corrected chi connectivity index (χ4v) is 4.84. The Bertz CT molecular complexity index is 801. The monoisotopic (exact) mass is 384 g/mol. The minimum atomic E-state index is -0.564. The van der Waals surface area contributed by atoms with Crippen LogP contribution in [0.1, 0.15) is 66.4 Å². The van der Waals surface area contributed by atoms with Crippen LogP contribution >= 0.6 is 0 Å². The highest BCUT2D eigenvalue weighted by Gasteiger charge is 2.39.